The Morgan fingerprint density at radius 1 is 1.26 bits per heavy atom. The first-order valence-corrected chi connectivity index (χ1v) is 12.6. The number of carbonyl (C=O) groups excluding carboxylic acids is 1. The maximum Gasteiger partial charge on any atom is 0.224 e. The average molecular weight is 490 g/mol. The van der Waals surface area contributed by atoms with Gasteiger partial charge in [0.25, 0.3) is 0 Å². The number of carbonyl (C=O) groups is 1. The van der Waals surface area contributed by atoms with E-state index in [0.29, 0.717) is 11.5 Å². The van der Waals surface area contributed by atoms with Gasteiger partial charge in [0.05, 0.1) is 17.8 Å². The number of hydrogen-bond donors (Lipinski definition) is 2. The highest BCUT2D eigenvalue weighted by Gasteiger charge is 2.42. The van der Waals surface area contributed by atoms with E-state index in [1.807, 2.05) is 50.4 Å². The average Bonchev–Trinajstić information content (AvgIpc) is 3.61. The number of thiocarbonyl (C=S) groups is 1. The Balaban J connectivity index is 1.54. The van der Waals surface area contributed by atoms with Crippen LogP contribution in [0.15, 0.2) is 60.9 Å². The highest BCUT2D eigenvalue weighted by Crippen LogP contribution is 2.42. The van der Waals surface area contributed by atoms with Gasteiger partial charge < -0.3 is 24.8 Å². The molecule has 0 saturated carbocycles. The second-order valence-corrected chi connectivity index (χ2v) is 9.50. The Labute approximate surface area is 211 Å². The molecule has 3 atom stereocenters. The third-order valence-corrected chi connectivity index (χ3v) is 7.09. The minimum atomic E-state index is -0.110. The normalized spacial score (nSPS) is 21.8. The number of hydrogen-bond acceptors (Lipinski definition) is 4. The molecule has 2 N–H and O–H groups in total. The summed E-state index contributed by atoms with van der Waals surface area (Å²) in [5, 5.41) is 7.16. The van der Waals surface area contributed by atoms with Gasteiger partial charge in [-0.15, -0.1) is 0 Å². The van der Waals surface area contributed by atoms with Crippen LogP contribution in [0.25, 0.3) is 0 Å². The van der Waals surface area contributed by atoms with Crippen molar-refractivity contribution in [1.82, 2.24) is 14.9 Å². The highest BCUT2D eigenvalue weighted by atomic mass is 32.1. The molecule has 2 aliphatic rings. The SMILES string of the molecule is CCC(=O)Nc1ccc(N2C(=S)N[C@H](c3ccccn3)[C@H]2c2cccn2C[C@H]2CCCO2)cc1C. The van der Waals surface area contributed by atoms with E-state index in [0.717, 1.165) is 54.3 Å². The van der Waals surface area contributed by atoms with E-state index in [1.165, 1.54) is 0 Å². The minimum Gasteiger partial charge on any atom is -0.376 e. The van der Waals surface area contributed by atoms with Crippen molar-refractivity contribution in [2.45, 2.75) is 57.8 Å². The number of aryl methyl sites for hydroxylation is 1. The number of ether oxygens (including phenoxy) is 1. The molecule has 1 aromatic carbocycles. The fourth-order valence-electron chi connectivity index (χ4n) is 4.98. The Morgan fingerprint density at radius 3 is 2.86 bits per heavy atom. The molecule has 35 heavy (non-hydrogen) atoms. The molecule has 5 rings (SSSR count). The maximum atomic E-state index is 11.9. The minimum absolute atomic E-state index is 0.000684. The van der Waals surface area contributed by atoms with Crippen LogP contribution in [0.1, 0.15) is 55.2 Å². The summed E-state index contributed by atoms with van der Waals surface area (Å²) in [5.74, 6) is -0.000684. The van der Waals surface area contributed by atoms with Crippen molar-refractivity contribution in [2.24, 2.45) is 0 Å². The molecule has 3 aromatic rings. The smallest absolute Gasteiger partial charge is 0.224 e. The molecule has 0 spiro atoms. The largest absolute Gasteiger partial charge is 0.376 e. The summed E-state index contributed by atoms with van der Waals surface area (Å²) < 4.78 is 8.23. The van der Waals surface area contributed by atoms with Crippen LogP contribution < -0.4 is 15.5 Å². The molecule has 2 fully saturated rings. The lowest BCUT2D eigenvalue weighted by Gasteiger charge is -2.30. The summed E-state index contributed by atoms with van der Waals surface area (Å²) in [6, 6.07) is 16.1. The molecular formula is C27H31N5O2S. The molecule has 0 bridgehead atoms. The second kappa shape index (κ2) is 10.2. The van der Waals surface area contributed by atoms with Gasteiger partial charge in [0.1, 0.15) is 6.04 Å². The van der Waals surface area contributed by atoms with Gasteiger partial charge in [0, 0.05) is 49.0 Å². The zero-order chi connectivity index (χ0) is 24.4. The number of aromatic nitrogens is 2. The lowest BCUT2D eigenvalue weighted by Crippen LogP contribution is -2.31. The van der Waals surface area contributed by atoms with Gasteiger partial charge in [-0.2, -0.15) is 0 Å². The topological polar surface area (TPSA) is 71.4 Å². The molecular weight excluding hydrogens is 458 g/mol. The van der Waals surface area contributed by atoms with Gasteiger partial charge in [0.2, 0.25) is 5.91 Å². The van der Waals surface area contributed by atoms with Gasteiger partial charge in [0.15, 0.2) is 5.11 Å². The van der Waals surface area contributed by atoms with Crippen LogP contribution in [0.4, 0.5) is 11.4 Å². The van der Waals surface area contributed by atoms with Gasteiger partial charge in [-0.3, -0.25) is 9.78 Å². The summed E-state index contributed by atoms with van der Waals surface area (Å²) in [6.45, 7) is 5.50. The highest BCUT2D eigenvalue weighted by molar-refractivity contribution is 7.80. The summed E-state index contributed by atoms with van der Waals surface area (Å²) in [4.78, 5) is 18.8. The number of nitrogens with zero attached hydrogens (tertiary/aromatic N) is 3. The van der Waals surface area contributed by atoms with E-state index in [4.69, 9.17) is 17.0 Å². The van der Waals surface area contributed by atoms with Gasteiger partial charge in [-0.1, -0.05) is 13.0 Å². The number of anilines is 2. The number of benzene rings is 1. The quantitative estimate of drug-likeness (QED) is 0.460. The predicted molar refractivity (Wildman–Crippen MR) is 141 cm³/mol. The third kappa shape index (κ3) is 4.81. The first-order chi connectivity index (χ1) is 17.0. The Kier molecular flexibility index (Phi) is 6.83. The lowest BCUT2D eigenvalue weighted by molar-refractivity contribution is -0.115. The number of pyridine rings is 1. The Morgan fingerprint density at radius 2 is 2.14 bits per heavy atom. The summed E-state index contributed by atoms with van der Waals surface area (Å²) in [6.07, 6.45) is 6.81. The van der Waals surface area contributed by atoms with Crippen LogP contribution in [0.3, 0.4) is 0 Å². The second-order valence-electron chi connectivity index (χ2n) is 9.12. The van der Waals surface area contributed by atoms with Crippen molar-refractivity contribution < 1.29 is 9.53 Å². The van der Waals surface area contributed by atoms with Crippen LogP contribution >= 0.6 is 12.2 Å². The van der Waals surface area contributed by atoms with Gasteiger partial charge >= 0.3 is 0 Å². The van der Waals surface area contributed by atoms with Gasteiger partial charge in [-0.25, -0.2) is 0 Å². The molecule has 182 valence electrons. The lowest BCUT2D eigenvalue weighted by atomic mass is 10.0. The maximum absolute atomic E-state index is 11.9. The fraction of sp³-hybridized carbons (Fsp3) is 0.370. The van der Waals surface area contributed by atoms with E-state index < -0.39 is 0 Å². The molecule has 8 heteroatoms. The molecule has 1 amide bonds. The predicted octanol–water partition coefficient (Wildman–Crippen LogP) is 4.90. The fourth-order valence-corrected chi connectivity index (χ4v) is 5.33. The molecule has 0 radical (unpaired) electrons. The molecule has 2 aromatic heterocycles. The Hall–Kier alpha value is -3.23. The van der Waals surface area contributed by atoms with Crippen molar-refractivity contribution in [3.8, 4) is 0 Å². The van der Waals surface area contributed by atoms with Crippen LogP contribution in [0.2, 0.25) is 0 Å². The number of nitrogens with one attached hydrogen (secondary N) is 2. The van der Waals surface area contributed by atoms with Crippen LogP contribution in [0, 0.1) is 6.92 Å². The van der Waals surface area contributed by atoms with E-state index >= 15 is 0 Å². The molecule has 2 aliphatic heterocycles. The summed E-state index contributed by atoms with van der Waals surface area (Å²) >= 11 is 5.89. The third-order valence-electron chi connectivity index (χ3n) is 6.77. The van der Waals surface area contributed by atoms with Crippen LogP contribution in [0.5, 0.6) is 0 Å². The van der Waals surface area contributed by atoms with Crippen molar-refractivity contribution in [3.63, 3.8) is 0 Å². The van der Waals surface area contributed by atoms with Gasteiger partial charge in [-0.05, 0) is 80.0 Å². The van der Waals surface area contributed by atoms with Crippen molar-refractivity contribution >= 4 is 34.6 Å². The van der Waals surface area contributed by atoms with Crippen molar-refractivity contribution in [1.29, 1.82) is 0 Å². The number of amides is 1. The van der Waals surface area contributed by atoms with Crippen molar-refractivity contribution in [3.05, 3.63) is 77.9 Å². The Bertz CT molecular complexity index is 1210. The number of rotatable bonds is 7. The molecule has 4 heterocycles. The molecule has 0 unspecified atom stereocenters. The zero-order valence-corrected chi connectivity index (χ0v) is 20.9. The zero-order valence-electron chi connectivity index (χ0n) is 20.1. The van der Waals surface area contributed by atoms with Crippen LogP contribution in [-0.4, -0.2) is 33.3 Å². The first-order valence-electron chi connectivity index (χ1n) is 12.2. The molecule has 2 saturated heterocycles. The van der Waals surface area contributed by atoms with E-state index in [1.54, 1.807) is 0 Å². The van der Waals surface area contributed by atoms with Crippen LogP contribution in [-0.2, 0) is 16.1 Å². The summed E-state index contributed by atoms with van der Waals surface area (Å²) in [7, 11) is 0. The van der Waals surface area contributed by atoms with E-state index in [-0.39, 0.29) is 24.1 Å². The molecule has 0 aliphatic carbocycles. The van der Waals surface area contributed by atoms with Crippen molar-refractivity contribution in [2.75, 3.05) is 16.8 Å². The first kappa shape index (κ1) is 23.5. The molecule has 7 nitrogen and oxygen atoms in total. The summed E-state index contributed by atoms with van der Waals surface area (Å²) in [5.41, 5.74) is 4.88. The van der Waals surface area contributed by atoms with E-state index in [9.17, 15) is 4.79 Å². The standard InChI is InChI=1S/C27H31N5O2S/c1-3-24(33)29-21-12-11-19(16-18(21)2)32-26(25(30-27(32)35)22-9-4-5-13-28-22)23-10-6-14-31(23)17-20-8-7-15-34-20/h4-6,9-14,16,20,25-26H,3,7-8,15,17H2,1-2H3,(H,29,33)(H,30,35)/t20-,25-,26-/m1/s1. The van der Waals surface area contributed by atoms with E-state index in [2.05, 4.69) is 49.5 Å². The monoisotopic (exact) mass is 489 g/mol.